The fourth-order valence-electron chi connectivity index (χ4n) is 3.27. The predicted molar refractivity (Wildman–Crippen MR) is 104 cm³/mol. The highest BCUT2D eigenvalue weighted by atomic mass is 32.2. The molecule has 1 fully saturated rings. The van der Waals surface area contributed by atoms with Gasteiger partial charge >= 0.3 is 0 Å². The zero-order chi connectivity index (χ0) is 19.6. The van der Waals surface area contributed by atoms with Gasteiger partial charge in [0, 0.05) is 25.8 Å². The lowest BCUT2D eigenvalue weighted by atomic mass is 10.2. The van der Waals surface area contributed by atoms with Crippen LogP contribution in [0.4, 0.5) is 0 Å². The highest BCUT2D eigenvalue weighted by molar-refractivity contribution is 7.89. The quantitative estimate of drug-likeness (QED) is 0.683. The molecular formula is C19H21N5O3S. The third-order valence-corrected chi connectivity index (χ3v) is 6.79. The van der Waals surface area contributed by atoms with Crippen molar-refractivity contribution in [1.29, 1.82) is 0 Å². The Labute approximate surface area is 163 Å². The number of hydrogen-bond acceptors (Lipinski definition) is 5. The van der Waals surface area contributed by atoms with E-state index in [2.05, 4.69) is 20.5 Å². The summed E-state index contributed by atoms with van der Waals surface area (Å²) in [5.41, 5.74) is 2.64. The number of carbonyl (C=O) groups is 1. The molecule has 0 saturated carbocycles. The van der Waals surface area contributed by atoms with E-state index in [1.54, 1.807) is 40.8 Å². The van der Waals surface area contributed by atoms with Crippen molar-refractivity contribution in [1.82, 2.24) is 24.8 Å². The fraction of sp³-hybridized carbons (Fsp3) is 0.316. The van der Waals surface area contributed by atoms with Crippen LogP contribution in [0.15, 0.2) is 47.6 Å². The summed E-state index contributed by atoms with van der Waals surface area (Å²) < 4.78 is 26.9. The van der Waals surface area contributed by atoms with Gasteiger partial charge in [-0.25, -0.2) is 8.42 Å². The Hall–Kier alpha value is -2.78. The largest absolute Gasteiger partial charge is 0.348 e. The standard InChI is InChI=1S/C19H21N5O3S/c25-19(15-10-17-18(20-12-15)13-22-23-17)21-11-14-4-6-16(7-5-14)28(26,27)24-8-2-1-3-9-24/h4-7,10,12-13H,1-3,8-9,11H2,(H,21,25)(H,22,23). The minimum absolute atomic E-state index is 0.256. The van der Waals surface area contributed by atoms with E-state index < -0.39 is 10.0 Å². The summed E-state index contributed by atoms with van der Waals surface area (Å²) >= 11 is 0. The van der Waals surface area contributed by atoms with Crippen molar-refractivity contribution in [3.05, 3.63) is 53.9 Å². The molecule has 0 bridgehead atoms. The number of hydrogen-bond donors (Lipinski definition) is 2. The molecule has 9 heteroatoms. The summed E-state index contributed by atoms with van der Waals surface area (Å²) in [5.74, 6) is -0.256. The van der Waals surface area contributed by atoms with Crippen LogP contribution in [0.1, 0.15) is 35.2 Å². The molecule has 3 heterocycles. The minimum atomic E-state index is -3.44. The molecule has 0 unspecified atom stereocenters. The van der Waals surface area contributed by atoms with Crippen molar-refractivity contribution in [3.63, 3.8) is 0 Å². The van der Waals surface area contributed by atoms with Crippen LogP contribution in [0.2, 0.25) is 0 Å². The van der Waals surface area contributed by atoms with Crippen LogP contribution in [0.25, 0.3) is 11.0 Å². The number of nitrogens with one attached hydrogen (secondary N) is 2. The van der Waals surface area contributed by atoms with Crippen molar-refractivity contribution >= 4 is 27.0 Å². The predicted octanol–water partition coefficient (Wildman–Crippen LogP) is 2.06. The van der Waals surface area contributed by atoms with Gasteiger partial charge < -0.3 is 5.32 Å². The summed E-state index contributed by atoms with van der Waals surface area (Å²) in [6.45, 7) is 1.45. The number of benzene rings is 1. The molecule has 28 heavy (non-hydrogen) atoms. The maximum atomic E-state index is 12.7. The van der Waals surface area contributed by atoms with Crippen LogP contribution in [-0.2, 0) is 16.6 Å². The van der Waals surface area contributed by atoms with Crippen molar-refractivity contribution < 1.29 is 13.2 Å². The van der Waals surface area contributed by atoms with Crippen LogP contribution in [0.3, 0.4) is 0 Å². The minimum Gasteiger partial charge on any atom is -0.348 e. The molecule has 0 aliphatic carbocycles. The third kappa shape index (κ3) is 3.76. The lowest BCUT2D eigenvalue weighted by Crippen LogP contribution is -2.35. The monoisotopic (exact) mass is 399 g/mol. The van der Waals surface area contributed by atoms with Gasteiger partial charge in [0.15, 0.2) is 0 Å². The average Bonchev–Trinajstić information content (AvgIpc) is 3.21. The number of carbonyl (C=O) groups excluding carboxylic acids is 1. The van der Waals surface area contributed by atoms with Gasteiger partial charge in [0.05, 0.1) is 22.2 Å². The van der Waals surface area contributed by atoms with Gasteiger partial charge in [0.1, 0.15) is 5.52 Å². The van der Waals surface area contributed by atoms with Crippen molar-refractivity contribution in [3.8, 4) is 0 Å². The Bertz CT molecular complexity index is 1090. The van der Waals surface area contributed by atoms with Gasteiger partial charge in [0.2, 0.25) is 10.0 Å². The number of fused-ring (bicyclic) bond motifs is 1. The lowest BCUT2D eigenvalue weighted by Gasteiger charge is -2.25. The zero-order valence-electron chi connectivity index (χ0n) is 15.3. The second-order valence-corrected chi connectivity index (χ2v) is 8.76. The molecule has 1 amide bonds. The van der Waals surface area contributed by atoms with Crippen molar-refractivity contribution in [2.75, 3.05) is 13.1 Å². The van der Waals surface area contributed by atoms with E-state index in [0.29, 0.717) is 41.1 Å². The Kier molecular flexibility index (Phi) is 5.10. The molecule has 0 spiro atoms. The second-order valence-electron chi connectivity index (χ2n) is 6.82. The summed E-state index contributed by atoms with van der Waals surface area (Å²) in [5, 5.41) is 9.49. The molecule has 0 atom stereocenters. The topological polar surface area (TPSA) is 108 Å². The molecule has 2 aromatic heterocycles. The molecule has 0 radical (unpaired) electrons. The van der Waals surface area contributed by atoms with Gasteiger partial charge in [-0.2, -0.15) is 9.40 Å². The Morgan fingerprint density at radius 2 is 1.86 bits per heavy atom. The highest BCUT2D eigenvalue weighted by Crippen LogP contribution is 2.21. The Morgan fingerprint density at radius 3 is 2.61 bits per heavy atom. The molecule has 1 aliphatic rings. The first-order chi connectivity index (χ1) is 13.5. The van der Waals surface area contributed by atoms with E-state index in [1.807, 2.05) is 0 Å². The van der Waals surface area contributed by atoms with E-state index >= 15 is 0 Å². The zero-order valence-corrected chi connectivity index (χ0v) is 16.1. The molecule has 1 saturated heterocycles. The van der Waals surface area contributed by atoms with Crippen LogP contribution >= 0.6 is 0 Å². The molecule has 1 aliphatic heterocycles. The van der Waals surface area contributed by atoms with Crippen LogP contribution in [-0.4, -0.2) is 46.9 Å². The van der Waals surface area contributed by atoms with E-state index in [0.717, 1.165) is 24.8 Å². The average molecular weight is 399 g/mol. The summed E-state index contributed by atoms with van der Waals surface area (Å²) in [7, 11) is -3.44. The van der Waals surface area contributed by atoms with E-state index in [4.69, 9.17) is 0 Å². The van der Waals surface area contributed by atoms with Crippen molar-refractivity contribution in [2.24, 2.45) is 0 Å². The maximum absolute atomic E-state index is 12.7. The number of aromatic nitrogens is 3. The van der Waals surface area contributed by atoms with Gasteiger partial charge in [0.25, 0.3) is 5.91 Å². The smallest absolute Gasteiger partial charge is 0.253 e. The number of aromatic amines is 1. The van der Waals surface area contributed by atoms with Crippen LogP contribution in [0, 0.1) is 0 Å². The maximum Gasteiger partial charge on any atom is 0.253 e. The lowest BCUT2D eigenvalue weighted by molar-refractivity contribution is 0.0950. The summed E-state index contributed by atoms with van der Waals surface area (Å²) in [6, 6.07) is 8.35. The summed E-state index contributed by atoms with van der Waals surface area (Å²) in [4.78, 5) is 16.8. The number of amides is 1. The summed E-state index contributed by atoms with van der Waals surface area (Å²) in [6.07, 6.45) is 5.98. The van der Waals surface area contributed by atoms with Crippen LogP contribution < -0.4 is 5.32 Å². The number of pyridine rings is 1. The fourth-order valence-corrected chi connectivity index (χ4v) is 4.79. The molecule has 2 N–H and O–H groups in total. The van der Waals surface area contributed by atoms with E-state index in [-0.39, 0.29) is 5.91 Å². The first kappa shape index (κ1) is 18.6. The molecule has 1 aromatic carbocycles. The Morgan fingerprint density at radius 1 is 1.11 bits per heavy atom. The highest BCUT2D eigenvalue weighted by Gasteiger charge is 2.25. The third-order valence-electron chi connectivity index (χ3n) is 4.88. The van der Waals surface area contributed by atoms with Gasteiger partial charge in [-0.15, -0.1) is 0 Å². The molecule has 4 rings (SSSR count). The van der Waals surface area contributed by atoms with E-state index in [1.165, 1.54) is 6.20 Å². The number of rotatable bonds is 5. The normalized spacial score (nSPS) is 15.6. The Balaban J connectivity index is 1.40. The van der Waals surface area contributed by atoms with Crippen LogP contribution in [0.5, 0.6) is 0 Å². The number of sulfonamides is 1. The van der Waals surface area contributed by atoms with Gasteiger partial charge in [-0.05, 0) is 36.6 Å². The SMILES string of the molecule is O=C(NCc1ccc(S(=O)(=O)N2CCCCC2)cc1)c1cnc2cn[nH]c2c1. The number of nitrogens with zero attached hydrogens (tertiary/aromatic N) is 3. The number of piperidine rings is 1. The van der Waals surface area contributed by atoms with Crippen molar-refractivity contribution in [2.45, 2.75) is 30.7 Å². The first-order valence-electron chi connectivity index (χ1n) is 9.20. The second kappa shape index (κ2) is 7.69. The molecular weight excluding hydrogens is 378 g/mol. The number of H-pyrrole nitrogens is 1. The first-order valence-corrected chi connectivity index (χ1v) is 10.6. The van der Waals surface area contributed by atoms with Gasteiger partial charge in [-0.1, -0.05) is 18.6 Å². The van der Waals surface area contributed by atoms with E-state index in [9.17, 15) is 13.2 Å². The molecule has 3 aromatic rings. The molecule has 8 nitrogen and oxygen atoms in total. The van der Waals surface area contributed by atoms with Gasteiger partial charge in [-0.3, -0.25) is 14.9 Å². The molecule has 146 valence electrons.